The number of benzene rings is 4. The van der Waals surface area contributed by atoms with Gasteiger partial charge < -0.3 is 0 Å². The molecule has 3 nitrogen and oxygen atoms in total. The monoisotopic (exact) mass is 461 g/mol. The minimum atomic E-state index is 0.687. The Morgan fingerprint density at radius 3 is 2.16 bits per heavy atom. The van der Waals surface area contributed by atoms with Gasteiger partial charge in [0.2, 0.25) is 0 Å². The van der Waals surface area contributed by atoms with E-state index in [4.69, 9.17) is 23.2 Å². The summed E-state index contributed by atoms with van der Waals surface area (Å²) >= 11 is 13.9. The Hall–Kier alpha value is -2.79. The largest absolute Gasteiger partial charge is 0.270 e. The van der Waals surface area contributed by atoms with Crippen molar-refractivity contribution in [3.63, 3.8) is 0 Å². The van der Waals surface area contributed by atoms with Crippen molar-refractivity contribution < 1.29 is 0 Å². The van der Waals surface area contributed by atoms with Crippen molar-refractivity contribution >= 4 is 45.7 Å². The van der Waals surface area contributed by atoms with E-state index >= 15 is 0 Å². The summed E-state index contributed by atoms with van der Waals surface area (Å²) in [5.41, 5.74) is 3.17. The summed E-state index contributed by atoms with van der Waals surface area (Å²) in [6, 6.07) is 30.2. The number of halogens is 2. The molecule has 0 spiro atoms. The summed E-state index contributed by atoms with van der Waals surface area (Å²) in [6.45, 7) is 0. The molecule has 4 aromatic carbocycles. The van der Waals surface area contributed by atoms with Gasteiger partial charge in [0.25, 0.3) is 0 Å². The molecule has 0 atom stereocenters. The molecule has 0 aliphatic rings. The van der Waals surface area contributed by atoms with Crippen LogP contribution in [0.1, 0.15) is 5.56 Å². The van der Waals surface area contributed by atoms with Crippen LogP contribution in [0.4, 0.5) is 0 Å². The lowest BCUT2D eigenvalue weighted by atomic mass is 10.1. The fraction of sp³-hybridized carbons (Fsp3) is 0.0400. The molecule has 5 rings (SSSR count). The fourth-order valence-corrected chi connectivity index (χ4v) is 4.74. The molecule has 5 aromatic rings. The van der Waals surface area contributed by atoms with Gasteiger partial charge >= 0.3 is 0 Å². The second-order valence-corrected chi connectivity index (χ2v) is 8.87. The maximum Gasteiger partial charge on any atom is 0.196 e. The van der Waals surface area contributed by atoms with Gasteiger partial charge in [0.05, 0.1) is 0 Å². The zero-order chi connectivity index (χ0) is 21.2. The second kappa shape index (κ2) is 8.75. The zero-order valence-corrected chi connectivity index (χ0v) is 18.7. The predicted molar refractivity (Wildman–Crippen MR) is 130 cm³/mol. The highest BCUT2D eigenvalue weighted by atomic mass is 35.5. The Morgan fingerprint density at radius 2 is 1.39 bits per heavy atom. The van der Waals surface area contributed by atoms with Crippen LogP contribution in [-0.4, -0.2) is 14.8 Å². The molecule has 0 saturated heterocycles. The molecule has 31 heavy (non-hydrogen) atoms. The van der Waals surface area contributed by atoms with E-state index in [2.05, 4.69) is 57.2 Å². The van der Waals surface area contributed by atoms with Crippen molar-refractivity contribution in [1.29, 1.82) is 0 Å². The molecule has 1 heterocycles. The number of aromatic nitrogens is 3. The summed E-state index contributed by atoms with van der Waals surface area (Å²) < 4.78 is 2.06. The first-order valence-electron chi connectivity index (χ1n) is 9.76. The van der Waals surface area contributed by atoms with E-state index < -0.39 is 0 Å². The van der Waals surface area contributed by atoms with Gasteiger partial charge in [0, 0.05) is 27.0 Å². The molecular weight excluding hydrogens is 445 g/mol. The van der Waals surface area contributed by atoms with Crippen molar-refractivity contribution in [2.75, 3.05) is 0 Å². The van der Waals surface area contributed by atoms with Crippen molar-refractivity contribution in [3.8, 4) is 17.1 Å². The number of nitrogens with zero attached hydrogens (tertiary/aromatic N) is 3. The number of fused-ring (bicyclic) bond motifs is 1. The molecule has 1 aromatic heterocycles. The third kappa shape index (κ3) is 4.19. The molecular formula is C25H17Cl2N3S. The predicted octanol–water partition coefficient (Wildman–Crippen LogP) is 7.69. The second-order valence-electron chi connectivity index (χ2n) is 7.05. The standard InChI is InChI=1S/C25H17Cl2N3S/c26-20-10-8-18(9-11-20)24-28-29-25(30(24)22-14-12-21(27)13-15-22)31-16-19-6-3-5-17-4-1-2-7-23(17)19/h1-15H,16H2. The molecule has 152 valence electrons. The van der Waals surface area contributed by atoms with Crippen molar-refractivity contribution in [3.05, 3.63) is 107 Å². The minimum Gasteiger partial charge on any atom is -0.270 e. The molecule has 0 unspecified atom stereocenters. The van der Waals surface area contributed by atoms with Gasteiger partial charge in [-0.05, 0) is 64.9 Å². The molecule has 0 aliphatic heterocycles. The molecule has 0 fully saturated rings. The van der Waals surface area contributed by atoms with Gasteiger partial charge in [-0.15, -0.1) is 10.2 Å². The molecule has 0 N–H and O–H groups in total. The van der Waals surface area contributed by atoms with Crippen LogP contribution in [0.25, 0.3) is 27.8 Å². The lowest BCUT2D eigenvalue weighted by molar-refractivity contribution is 0.886. The average Bonchev–Trinajstić information content (AvgIpc) is 3.22. The Balaban J connectivity index is 1.55. The fourth-order valence-electron chi connectivity index (χ4n) is 3.53. The Bertz CT molecular complexity index is 1340. The van der Waals surface area contributed by atoms with Crippen molar-refractivity contribution in [2.45, 2.75) is 10.9 Å². The zero-order valence-electron chi connectivity index (χ0n) is 16.4. The summed E-state index contributed by atoms with van der Waals surface area (Å²) in [5.74, 6) is 1.55. The summed E-state index contributed by atoms with van der Waals surface area (Å²) in [4.78, 5) is 0. The molecule has 0 radical (unpaired) electrons. The molecule has 0 bridgehead atoms. The third-order valence-electron chi connectivity index (χ3n) is 5.06. The van der Waals surface area contributed by atoms with Gasteiger partial charge in [-0.3, -0.25) is 4.57 Å². The number of hydrogen-bond acceptors (Lipinski definition) is 3. The summed E-state index contributed by atoms with van der Waals surface area (Å²) in [5, 5.41) is 13.7. The highest BCUT2D eigenvalue weighted by Gasteiger charge is 2.17. The van der Waals surface area contributed by atoms with E-state index in [9.17, 15) is 0 Å². The molecule has 6 heteroatoms. The van der Waals surface area contributed by atoms with E-state index in [1.54, 1.807) is 11.8 Å². The lowest BCUT2D eigenvalue weighted by Crippen LogP contribution is -1.99. The molecule has 0 saturated carbocycles. The topological polar surface area (TPSA) is 30.7 Å². The minimum absolute atomic E-state index is 0.687. The van der Waals surface area contributed by atoms with Crippen LogP contribution in [0, 0.1) is 0 Å². The Kier molecular flexibility index (Phi) is 5.68. The van der Waals surface area contributed by atoms with Crippen LogP contribution >= 0.6 is 35.0 Å². The van der Waals surface area contributed by atoms with Gasteiger partial charge in [-0.25, -0.2) is 0 Å². The van der Waals surface area contributed by atoms with Crippen LogP contribution in [0.5, 0.6) is 0 Å². The lowest BCUT2D eigenvalue weighted by Gasteiger charge is -2.11. The first-order valence-corrected chi connectivity index (χ1v) is 11.5. The Labute approximate surface area is 194 Å². The maximum atomic E-state index is 6.12. The van der Waals surface area contributed by atoms with Crippen LogP contribution in [-0.2, 0) is 5.75 Å². The highest BCUT2D eigenvalue weighted by Crippen LogP contribution is 2.32. The van der Waals surface area contributed by atoms with Gasteiger partial charge in [0.1, 0.15) is 0 Å². The van der Waals surface area contributed by atoms with E-state index in [1.807, 2.05) is 48.5 Å². The maximum absolute atomic E-state index is 6.12. The smallest absolute Gasteiger partial charge is 0.196 e. The van der Waals surface area contributed by atoms with Gasteiger partial charge in [-0.1, -0.05) is 77.4 Å². The first kappa shape index (κ1) is 20.1. The van der Waals surface area contributed by atoms with Crippen LogP contribution < -0.4 is 0 Å². The quantitative estimate of drug-likeness (QED) is 0.251. The van der Waals surface area contributed by atoms with Gasteiger partial charge in [-0.2, -0.15) is 0 Å². The number of rotatable bonds is 5. The van der Waals surface area contributed by atoms with Crippen LogP contribution in [0.3, 0.4) is 0 Å². The highest BCUT2D eigenvalue weighted by molar-refractivity contribution is 7.98. The number of hydrogen-bond donors (Lipinski definition) is 0. The normalized spacial score (nSPS) is 11.2. The third-order valence-corrected chi connectivity index (χ3v) is 6.54. The van der Waals surface area contributed by atoms with E-state index in [0.717, 1.165) is 28.0 Å². The van der Waals surface area contributed by atoms with E-state index in [-0.39, 0.29) is 0 Å². The SMILES string of the molecule is Clc1ccc(-c2nnc(SCc3cccc4ccccc34)n2-c2ccc(Cl)cc2)cc1. The average molecular weight is 462 g/mol. The Morgan fingerprint density at radius 1 is 0.710 bits per heavy atom. The van der Waals surface area contributed by atoms with E-state index in [1.165, 1.54) is 16.3 Å². The summed E-state index contributed by atoms with van der Waals surface area (Å²) in [7, 11) is 0. The van der Waals surface area contributed by atoms with Crippen LogP contribution in [0.15, 0.2) is 96.2 Å². The van der Waals surface area contributed by atoms with Crippen LogP contribution in [0.2, 0.25) is 10.0 Å². The summed E-state index contributed by atoms with van der Waals surface area (Å²) in [6.07, 6.45) is 0. The van der Waals surface area contributed by atoms with Crippen molar-refractivity contribution in [1.82, 2.24) is 14.8 Å². The first-order chi connectivity index (χ1) is 15.2. The van der Waals surface area contributed by atoms with Gasteiger partial charge in [0.15, 0.2) is 11.0 Å². The van der Waals surface area contributed by atoms with E-state index in [0.29, 0.717) is 10.0 Å². The van der Waals surface area contributed by atoms with Crippen molar-refractivity contribution in [2.24, 2.45) is 0 Å². The molecule has 0 amide bonds. The molecule has 0 aliphatic carbocycles. The number of thioether (sulfide) groups is 1.